The van der Waals surface area contributed by atoms with Crippen molar-refractivity contribution in [1.29, 1.82) is 0 Å². The number of nitrogens with zero attached hydrogens (tertiary/aromatic N) is 2. The van der Waals surface area contributed by atoms with Crippen molar-refractivity contribution in [2.75, 3.05) is 0 Å². The average Bonchev–Trinajstić information content (AvgIpc) is 2.68. The van der Waals surface area contributed by atoms with Crippen LogP contribution in [0.25, 0.3) is 0 Å². The van der Waals surface area contributed by atoms with Crippen LogP contribution in [-0.2, 0) is 6.18 Å². The highest BCUT2D eigenvalue weighted by Gasteiger charge is 2.48. The van der Waals surface area contributed by atoms with Crippen molar-refractivity contribution >= 4 is 29.1 Å². The van der Waals surface area contributed by atoms with Crippen LogP contribution in [0.3, 0.4) is 0 Å². The van der Waals surface area contributed by atoms with Gasteiger partial charge in [0.1, 0.15) is 11.2 Å². The van der Waals surface area contributed by atoms with Gasteiger partial charge in [0.2, 0.25) is 5.92 Å². The average molecular weight is 484 g/mol. The van der Waals surface area contributed by atoms with E-state index >= 15 is 0 Å². The molecule has 0 saturated heterocycles. The first kappa shape index (κ1) is 23.6. The number of hydrogen-bond donors (Lipinski definition) is 2. The van der Waals surface area contributed by atoms with Gasteiger partial charge in [0.25, 0.3) is 5.91 Å². The lowest BCUT2D eigenvalue weighted by molar-refractivity contribution is -0.137. The van der Waals surface area contributed by atoms with Gasteiger partial charge in [-0.25, -0.2) is 13.8 Å². The fraction of sp³-hybridized carbons (Fsp3) is 0.421. The molecule has 1 amide bonds. The third-order valence-electron chi connectivity index (χ3n) is 5.11. The van der Waals surface area contributed by atoms with Gasteiger partial charge < -0.3 is 10.4 Å². The summed E-state index contributed by atoms with van der Waals surface area (Å²) in [5.41, 5.74) is -3.57. The summed E-state index contributed by atoms with van der Waals surface area (Å²) in [5.74, 6) is -4.06. The van der Waals surface area contributed by atoms with Gasteiger partial charge in [-0.15, -0.1) is 0 Å². The molecule has 2 aromatic rings. The van der Waals surface area contributed by atoms with Crippen LogP contribution in [0.15, 0.2) is 30.6 Å². The van der Waals surface area contributed by atoms with Gasteiger partial charge in [0.15, 0.2) is 0 Å². The van der Waals surface area contributed by atoms with Crippen LogP contribution >= 0.6 is 23.2 Å². The van der Waals surface area contributed by atoms with Crippen molar-refractivity contribution in [3.8, 4) is 0 Å². The monoisotopic (exact) mass is 483 g/mol. The Morgan fingerprint density at radius 2 is 1.77 bits per heavy atom. The van der Waals surface area contributed by atoms with Gasteiger partial charge in [0, 0.05) is 30.3 Å². The molecule has 2 N–H and O–H groups in total. The molecule has 0 spiro atoms. The van der Waals surface area contributed by atoms with E-state index in [1.807, 2.05) is 0 Å². The number of rotatable bonds is 4. The standard InChI is InChI=1S/C19H16Cl2F5N3O2/c20-11-1-6-27-13(8-11)14(17(31)2-4-18(22,23)5-3-17)29-16(30)12-7-10(19(24,25)26)9-28-15(12)21/h1,6-9,14,31H,2-5H2,(H,29,30). The maximum absolute atomic E-state index is 13.6. The van der Waals surface area contributed by atoms with Gasteiger partial charge in [-0.1, -0.05) is 23.2 Å². The number of alkyl halides is 5. The van der Waals surface area contributed by atoms with Crippen LogP contribution < -0.4 is 5.32 Å². The van der Waals surface area contributed by atoms with Crippen LogP contribution in [-0.4, -0.2) is 32.5 Å². The molecule has 5 nitrogen and oxygen atoms in total. The molecule has 0 bridgehead atoms. The van der Waals surface area contributed by atoms with Crippen LogP contribution in [0.5, 0.6) is 0 Å². The van der Waals surface area contributed by atoms with Crippen molar-refractivity contribution in [1.82, 2.24) is 15.3 Å². The number of carbonyl (C=O) groups excluding carboxylic acids is 1. The summed E-state index contributed by atoms with van der Waals surface area (Å²) in [6.45, 7) is 0. The summed E-state index contributed by atoms with van der Waals surface area (Å²) < 4.78 is 66.3. The van der Waals surface area contributed by atoms with Crippen molar-refractivity contribution in [2.24, 2.45) is 0 Å². The van der Waals surface area contributed by atoms with Crippen molar-refractivity contribution < 1.29 is 31.9 Å². The van der Waals surface area contributed by atoms with E-state index in [0.29, 0.717) is 12.3 Å². The molecule has 1 fully saturated rings. The van der Waals surface area contributed by atoms with Crippen LogP contribution in [0.4, 0.5) is 22.0 Å². The summed E-state index contributed by atoms with van der Waals surface area (Å²) >= 11 is 11.8. The highest BCUT2D eigenvalue weighted by molar-refractivity contribution is 6.32. The number of pyridine rings is 2. The predicted octanol–water partition coefficient (Wildman–Crippen LogP) is 5.21. The highest BCUT2D eigenvalue weighted by atomic mass is 35.5. The van der Waals surface area contributed by atoms with Crippen LogP contribution in [0.1, 0.15) is 53.3 Å². The first-order chi connectivity index (χ1) is 14.3. The molecular weight excluding hydrogens is 468 g/mol. The predicted molar refractivity (Wildman–Crippen MR) is 102 cm³/mol. The number of aromatic nitrogens is 2. The Labute approximate surface area is 183 Å². The van der Waals surface area contributed by atoms with Gasteiger partial charge in [0.05, 0.1) is 22.4 Å². The van der Waals surface area contributed by atoms with E-state index in [0.717, 1.165) is 0 Å². The third-order valence-corrected chi connectivity index (χ3v) is 5.65. The fourth-order valence-corrected chi connectivity index (χ4v) is 3.73. The molecule has 2 aromatic heterocycles. The molecule has 2 heterocycles. The van der Waals surface area contributed by atoms with E-state index in [1.165, 1.54) is 18.3 Å². The molecule has 12 heteroatoms. The molecule has 168 valence electrons. The van der Waals surface area contributed by atoms with Gasteiger partial charge >= 0.3 is 6.18 Å². The topological polar surface area (TPSA) is 75.1 Å². The van der Waals surface area contributed by atoms with Gasteiger partial charge in [-0.05, 0) is 31.0 Å². The van der Waals surface area contributed by atoms with E-state index in [-0.39, 0.29) is 23.6 Å². The lowest BCUT2D eigenvalue weighted by Crippen LogP contribution is -2.50. The number of aliphatic hydroxyl groups is 1. The third kappa shape index (κ3) is 5.42. The minimum Gasteiger partial charge on any atom is -0.387 e. The Kier molecular flexibility index (Phi) is 6.46. The minimum atomic E-state index is -4.77. The molecular formula is C19H16Cl2F5N3O2. The normalized spacial score (nSPS) is 19.0. The lowest BCUT2D eigenvalue weighted by atomic mass is 9.76. The summed E-state index contributed by atoms with van der Waals surface area (Å²) in [7, 11) is 0. The molecule has 0 aromatic carbocycles. The maximum Gasteiger partial charge on any atom is 0.417 e. The number of halogens is 7. The van der Waals surface area contributed by atoms with Crippen molar-refractivity contribution in [3.63, 3.8) is 0 Å². The fourth-order valence-electron chi connectivity index (χ4n) is 3.37. The van der Waals surface area contributed by atoms with E-state index in [1.54, 1.807) is 0 Å². The molecule has 1 atom stereocenters. The van der Waals surface area contributed by atoms with Crippen molar-refractivity contribution in [3.05, 3.63) is 57.6 Å². The second kappa shape index (κ2) is 8.48. The SMILES string of the molecule is O=C(NC(c1cc(Cl)ccn1)C1(O)CCC(F)(F)CC1)c1cc(C(F)(F)F)cnc1Cl. The zero-order valence-electron chi connectivity index (χ0n) is 15.7. The van der Waals surface area contributed by atoms with Gasteiger partial charge in [-0.3, -0.25) is 9.78 Å². The Morgan fingerprint density at radius 3 is 2.35 bits per heavy atom. The number of hydrogen-bond acceptors (Lipinski definition) is 4. The Bertz CT molecular complexity index is 977. The Hall–Kier alpha value is -2.04. The smallest absolute Gasteiger partial charge is 0.387 e. The molecule has 1 unspecified atom stereocenters. The number of carbonyl (C=O) groups is 1. The second-order valence-corrected chi connectivity index (χ2v) is 8.12. The molecule has 1 aliphatic carbocycles. The molecule has 0 aliphatic heterocycles. The highest BCUT2D eigenvalue weighted by Crippen LogP contribution is 2.44. The summed E-state index contributed by atoms with van der Waals surface area (Å²) in [5, 5.41) is 13.2. The summed E-state index contributed by atoms with van der Waals surface area (Å²) in [6.07, 6.45) is -5.04. The molecule has 31 heavy (non-hydrogen) atoms. The Balaban J connectivity index is 1.97. The Morgan fingerprint density at radius 1 is 1.13 bits per heavy atom. The largest absolute Gasteiger partial charge is 0.417 e. The lowest BCUT2D eigenvalue weighted by Gasteiger charge is -2.41. The van der Waals surface area contributed by atoms with E-state index in [2.05, 4.69) is 15.3 Å². The van der Waals surface area contributed by atoms with E-state index in [9.17, 15) is 31.9 Å². The number of nitrogens with one attached hydrogen (secondary N) is 1. The van der Waals surface area contributed by atoms with E-state index in [4.69, 9.17) is 23.2 Å². The van der Waals surface area contributed by atoms with Crippen LogP contribution in [0, 0.1) is 0 Å². The van der Waals surface area contributed by atoms with Gasteiger partial charge in [-0.2, -0.15) is 13.2 Å². The first-order valence-electron chi connectivity index (χ1n) is 9.06. The maximum atomic E-state index is 13.6. The zero-order chi connectivity index (χ0) is 23.0. The van der Waals surface area contributed by atoms with Crippen LogP contribution in [0.2, 0.25) is 10.2 Å². The zero-order valence-corrected chi connectivity index (χ0v) is 17.2. The quantitative estimate of drug-likeness (QED) is 0.462. The molecule has 3 rings (SSSR count). The summed E-state index contributed by atoms with van der Waals surface area (Å²) in [4.78, 5) is 20.2. The molecule has 0 radical (unpaired) electrons. The molecule has 1 aliphatic rings. The van der Waals surface area contributed by atoms with Crippen molar-refractivity contribution in [2.45, 2.75) is 49.4 Å². The van der Waals surface area contributed by atoms with E-state index < -0.39 is 58.8 Å². The first-order valence-corrected chi connectivity index (χ1v) is 9.82. The summed E-state index contributed by atoms with van der Waals surface area (Å²) in [6, 6.07) is 1.94. The minimum absolute atomic E-state index is 0.0598. The number of amides is 1. The second-order valence-electron chi connectivity index (χ2n) is 7.33. The molecule has 1 saturated carbocycles.